The molecule has 0 fully saturated rings. The van der Waals surface area contributed by atoms with E-state index in [0.29, 0.717) is 10.0 Å². The molecule has 0 aromatic heterocycles. The second kappa shape index (κ2) is 6.09. The molecule has 0 unspecified atom stereocenters. The van der Waals surface area contributed by atoms with E-state index in [4.69, 9.17) is 28.3 Å². The summed E-state index contributed by atoms with van der Waals surface area (Å²) in [6.45, 7) is 1.65. The normalized spacial score (nSPS) is 12.2. The van der Waals surface area contributed by atoms with Crippen molar-refractivity contribution in [3.05, 3.63) is 33.8 Å². The Hall–Kier alpha value is -0.770. The minimum Gasteiger partial charge on any atom is -0.394 e. The first-order chi connectivity index (χ1) is 7.52. The number of rotatable bonds is 4. The minimum absolute atomic E-state index is 0.0763. The molecule has 1 amide bonds. The standard InChI is InChI=1S/C11H13Cl2NO2/c1-7(6-15)14-11(16)5-8-2-3-9(12)10(13)4-8/h2-4,7,15H,5-6H2,1H3,(H,14,16)/t7-/m0/s1. The van der Waals surface area contributed by atoms with Crippen LogP contribution in [0.3, 0.4) is 0 Å². The first kappa shape index (κ1) is 13.3. The van der Waals surface area contributed by atoms with Crippen molar-refractivity contribution in [2.75, 3.05) is 6.61 Å². The Balaban J connectivity index is 2.59. The molecule has 88 valence electrons. The maximum Gasteiger partial charge on any atom is 0.224 e. The number of amides is 1. The van der Waals surface area contributed by atoms with Crippen molar-refractivity contribution in [1.82, 2.24) is 5.32 Å². The number of aliphatic hydroxyl groups excluding tert-OH is 1. The van der Waals surface area contributed by atoms with Crippen LogP contribution in [0.2, 0.25) is 10.0 Å². The molecule has 1 rings (SSSR count). The minimum atomic E-state index is -0.240. The van der Waals surface area contributed by atoms with Crippen LogP contribution in [0.5, 0.6) is 0 Å². The average molecular weight is 262 g/mol. The van der Waals surface area contributed by atoms with Crippen molar-refractivity contribution in [3.8, 4) is 0 Å². The van der Waals surface area contributed by atoms with Gasteiger partial charge in [0.15, 0.2) is 0 Å². The summed E-state index contributed by atoms with van der Waals surface area (Å²) in [7, 11) is 0. The zero-order valence-corrected chi connectivity index (χ0v) is 10.3. The fourth-order valence-corrected chi connectivity index (χ4v) is 1.53. The molecule has 1 atom stereocenters. The molecule has 3 nitrogen and oxygen atoms in total. The highest BCUT2D eigenvalue weighted by Crippen LogP contribution is 2.22. The number of hydrogen-bond acceptors (Lipinski definition) is 2. The van der Waals surface area contributed by atoms with Crippen LogP contribution in [0.25, 0.3) is 0 Å². The molecule has 0 saturated heterocycles. The summed E-state index contributed by atoms with van der Waals surface area (Å²) < 4.78 is 0. The highest BCUT2D eigenvalue weighted by molar-refractivity contribution is 6.42. The van der Waals surface area contributed by atoms with Crippen LogP contribution in [0.4, 0.5) is 0 Å². The smallest absolute Gasteiger partial charge is 0.224 e. The molecule has 0 aliphatic heterocycles. The number of nitrogens with one attached hydrogen (secondary N) is 1. The second-order valence-corrected chi connectivity index (χ2v) is 4.39. The highest BCUT2D eigenvalue weighted by Gasteiger charge is 2.08. The molecule has 0 radical (unpaired) electrons. The molecule has 0 aliphatic carbocycles. The summed E-state index contributed by atoms with van der Waals surface area (Å²) in [6, 6.07) is 4.82. The molecule has 1 aromatic rings. The Labute approximate surface area is 104 Å². The third-order valence-corrected chi connectivity index (χ3v) is 2.77. The lowest BCUT2D eigenvalue weighted by Crippen LogP contribution is -2.35. The molecular weight excluding hydrogens is 249 g/mol. The van der Waals surface area contributed by atoms with Crippen molar-refractivity contribution in [2.45, 2.75) is 19.4 Å². The third kappa shape index (κ3) is 4.00. The van der Waals surface area contributed by atoms with Gasteiger partial charge >= 0.3 is 0 Å². The van der Waals surface area contributed by atoms with Crippen LogP contribution in [0.15, 0.2) is 18.2 Å². The molecule has 0 spiro atoms. The molecule has 16 heavy (non-hydrogen) atoms. The van der Waals surface area contributed by atoms with E-state index >= 15 is 0 Å². The van der Waals surface area contributed by atoms with E-state index in [1.165, 1.54) is 0 Å². The zero-order valence-electron chi connectivity index (χ0n) is 8.84. The van der Waals surface area contributed by atoms with E-state index in [1.54, 1.807) is 25.1 Å². The van der Waals surface area contributed by atoms with Gasteiger partial charge in [0.25, 0.3) is 0 Å². The van der Waals surface area contributed by atoms with Crippen molar-refractivity contribution in [3.63, 3.8) is 0 Å². The van der Waals surface area contributed by atoms with Crippen LogP contribution in [0.1, 0.15) is 12.5 Å². The van der Waals surface area contributed by atoms with Gasteiger partial charge in [-0.05, 0) is 24.6 Å². The fraction of sp³-hybridized carbons (Fsp3) is 0.364. The Morgan fingerprint density at radius 1 is 1.44 bits per heavy atom. The summed E-state index contributed by atoms with van der Waals surface area (Å²) in [5.74, 6) is -0.153. The zero-order chi connectivity index (χ0) is 12.1. The molecule has 0 heterocycles. The SMILES string of the molecule is C[C@@H](CO)NC(=O)Cc1ccc(Cl)c(Cl)c1. The average Bonchev–Trinajstić information content (AvgIpc) is 2.23. The van der Waals surface area contributed by atoms with Crippen LogP contribution >= 0.6 is 23.2 Å². The lowest BCUT2D eigenvalue weighted by atomic mass is 10.1. The summed E-state index contributed by atoms with van der Waals surface area (Å²) in [6.07, 6.45) is 0.223. The largest absolute Gasteiger partial charge is 0.394 e. The maximum atomic E-state index is 11.5. The Bertz CT molecular complexity index is 382. The van der Waals surface area contributed by atoms with Gasteiger partial charge in [-0.2, -0.15) is 0 Å². The van der Waals surface area contributed by atoms with Crippen LogP contribution < -0.4 is 5.32 Å². The first-order valence-electron chi connectivity index (χ1n) is 4.87. The Morgan fingerprint density at radius 2 is 2.12 bits per heavy atom. The van der Waals surface area contributed by atoms with E-state index in [2.05, 4.69) is 5.32 Å². The molecule has 1 aromatic carbocycles. The van der Waals surface area contributed by atoms with E-state index in [1.807, 2.05) is 0 Å². The monoisotopic (exact) mass is 261 g/mol. The van der Waals surface area contributed by atoms with Gasteiger partial charge in [0.2, 0.25) is 5.91 Å². The van der Waals surface area contributed by atoms with Crippen LogP contribution in [-0.4, -0.2) is 23.7 Å². The first-order valence-corrected chi connectivity index (χ1v) is 5.62. The number of aliphatic hydroxyl groups is 1. The molecule has 5 heteroatoms. The molecule has 2 N–H and O–H groups in total. The summed E-state index contributed by atoms with van der Waals surface area (Å²) in [5.41, 5.74) is 0.789. The number of halogens is 2. The van der Waals surface area contributed by atoms with Crippen molar-refractivity contribution in [2.24, 2.45) is 0 Å². The van der Waals surface area contributed by atoms with E-state index in [-0.39, 0.29) is 25.0 Å². The fourth-order valence-electron chi connectivity index (χ4n) is 1.21. The predicted molar refractivity (Wildman–Crippen MR) is 64.9 cm³/mol. The maximum absolute atomic E-state index is 11.5. The number of hydrogen-bond donors (Lipinski definition) is 2. The van der Waals surface area contributed by atoms with Gasteiger partial charge in [0.1, 0.15) is 0 Å². The van der Waals surface area contributed by atoms with Gasteiger partial charge in [-0.1, -0.05) is 29.3 Å². The summed E-state index contributed by atoms with van der Waals surface area (Å²) >= 11 is 11.6. The second-order valence-electron chi connectivity index (χ2n) is 3.58. The number of carbonyl (C=O) groups is 1. The van der Waals surface area contributed by atoms with Crippen molar-refractivity contribution in [1.29, 1.82) is 0 Å². The molecular formula is C11H13Cl2NO2. The van der Waals surface area contributed by atoms with Gasteiger partial charge < -0.3 is 10.4 Å². The Morgan fingerprint density at radius 3 is 2.69 bits per heavy atom. The third-order valence-electron chi connectivity index (χ3n) is 2.03. The lowest BCUT2D eigenvalue weighted by Gasteiger charge is -2.10. The number of benzene rings is 1. The van der Waals surface area contributed by atoms with E-state index in [0.717, 1.165) is 5.56 Å². The van der Waals surface area contributed by atoms with Crippen LogP contribution in [0, 0.1) is 0 Å². The Kier molecular flexibility index (Phi) is 5.06. The topological polar surface area (TPSA) is 49.3 Å². The predicted octanol–water partition coefficient (Wildman–Crippen LogP) is 2.03. The van der Waals surface area contributed by atoms with E-state index < -0.39 is 0 Å². The lowest BCUT2D eigenvalue weighted by molar-refractivity contribution is -0.121. The van der Waals surface area contributed by atoms with Crippen molar-refractivity contribution >= 4 is 29.1 Å². The van der Waals surface area contributed by atoms with Gasteiger partial charge in [-0.15, -0.1) is 0 Å². The summed E-state index contributed by atoms with van der Waals surface area (Å²) in [4.78, 5) is 11.5. The molecule has 0 bridgehead atoms. The van der Waals surface area contributed by atoms with Crippen LogP contribution in [-0.2, 0) is 11.2 Å². The van der Waals surface area contributed by atoms with Gasteiger partial charge in [-0.25, -0.2) is 0 Å². The molecule has 0 saturated carbocycles. The highest BCUT2D eigenvalue weighted by atomic mass is 35.5. The molecule has 0 aliphatic rings. The van der Waals surface area contributed by atoms with Gasteiger partial charge in [0.05, 0.1) is 23.1 Å². The number of carbonyl (C=O) groups excluding carboxylic acids is 1. The summed E-state index contributed by atoms with van der Waals surface area (Å²) in [5, 5.41) is 12.3. The van der Waals surface area contributed by atoms with Gasteiger partial charge in [-0.3, -0.25) is 4.79 Å². The van der Waals surface area contributed by atoms with E-state index in [9.17, 15) is 4.79 Å². The van der Waals surface area contributed by atoms with Crippen molar-refractivity contribution < 1.29 is 9.90 Å². The van der Waals surface area contributed by atoms with Gasteiger partial charge in [0, 0.05) is 6.04 Å². The quantitative estimate of drug-likeness (QED) is 0.872.